The van der Waals surface area contributed by atoms with Gasteiger partial charge >= 0.3 is 6.18 Å². The van der Waals surface area contributed by atoms with E-state index in [1.807, 2.05) is 0 Å². The molecular weight excluding hydrogens is 398 g/mol. The summed E-state index contributed by atoms with van der Waals surface area (Å²) in [5.41, 5.74) is 0.00104. The summed E-state index contributed by atoms with van der Waals surface area (Å²) in [6.07, 6.45) is -4.32. The number of halogens is 5. The summed E-state index contributed by atoms with van der Waals surface area (Å²) < 4.78 is 51.2. The van der Waals surface area contributed by atoms with Crippen LogP contribution in [0.4, 0.5) is 23.2 Å². The van der Waals surface area contributed by atoms with E-state index in [1.165, 1.54) is 24.3 Å². The molecule has 0 fully saturated rings. The summed E-state index contributed by atoms with van der Waals surface area (Å²) >= 11 is 3.69. The molecule has 1 amide bonds. The number of hydrogen-bond acceptors (Lipinski definition) is 2. The molecule has 2 nitrogen and oxygen atoms in total. The number of rotatable bonds is 4. The molecule has 0 heterocycles. The van der Waals surface area contributed by atoms with Crippen LogP contribution in [0, 0.1) is 5.82 Å². The van der Waals surface area contributed by atoms with Gasteiger partial charge in [0.25, 0.3) is 5.91 Å². The van der Waals surface area contributed by atoms with E-state index in [1.54, 1.807) is 12.1 Å². The smallest absolute Gasteiger partial charge is 0.321 e. The first-order valence-corrected chi connectivity index (χ1v) is 8.09. The van der Waals surface area contributed by atoms with Crippen molar-refractivity contribution in [2.24, 2.45) is 0 Å². The van der Waals surface area contributed by atoms with Crippen molar-refractivity contribution < 1.29 is 22.4 Å². The Hall–Kier alpha value is -1.54. The van der Waals surface area contributed by atoms with Crippen molar-refractivity contribution in [3.05, 3.63) is 58.3 Å². The number of carbonyl (C=O) groups excluding carboxylic acids is 1. The van der Waals surface area contributed by atoms with Gasteiger partial charge in [0.05, 0.1) is 17.0 Å². The molecule has 0 aliphatic rings. The Bertz CT molecular complexity index is 721. The first-order valence-electron chi connectivity index (χ1n) is 6.31. The van der Waals surface area contributed by atoms with Crippen LogP contribution < -0.4 is 5.32 Å². The first-order chi connectivity index (χ1) is 10.8. The number of para-hydroxylation sites is 1. The van der Waals surface area contributed by atoms with Gasteiger partial charge in [-0.05, 0) is 30.3 Å². The third-order valence-corrected chi connectivity index (χ3v) is 4.33. The maximum atomic E-state index is 13.7. The maximum absolute atomic E-state index is 13.7. The SMILES string of the molecule is O=C(Nc1ccccc1SCC(F)(F)F)c1cc(Br)ccc1F. The van der Waals surface area contributed by atoms with Crippen molar-refractivity contribution in [1.29, 1.82) is 0 Å². The van der Waals surface area contributed by atoms with Crippen LogP contribution in [0.5, 0.6) is 0 Å². The van der Waals surface area contributed by atoms with Crippen LogP contribution in [0.25, 0.3) is 0 Å². The van der Waals surface area contributed by atoms with Crippen LogP contribution in [0.1, 0.15) is 10.4 Å². The molecule has 8 heteroatoms. The number of hydrogen-bond donors (Lipinski definition) is 1. The molecule has 0 aromatic heterocycles. The lowest BCUT2D eigenvalue weighted by molar-refractivity contribution is -0.105. The van der Waals surface area contributed by atoms with Gasteiger partial charge in [0.1, 0.15) is 5.82 Å². The van der Waals surface area contributed by atoms with E-state index in [4.69, 9.17) is 0 Å². The molecular formula is C15H10BrF4NOS. The molecule has 0 spiro atoms. The average Bonchev–Trinajstić information content (AvgIpc) is 2.48. The predicted molar refractivity (Wildman–Crippen MR) is 85.3 cm³/mol. The second kappa shape index (κ2) is 7.35. The Balaban J connectivity index is 2.19. The predicted octanol–water partition coefficient (Wildman–Crippen LogP) is 5.49. The summed E-state index contributed by atoms with van der Waals surface area (Å²) in [6, 6.07) is 9.94. The van der Waals surface area contributed by atoms with Crippen molar-refractivity contribution in [2.45, 2.75) is 11.1 Å². The second-order valence-electron chi connectivity index (χ2n) is 4.48. The lowest BCUT2D eigenvalue weighted by Gasteiger charge is -2.12. The fraction of sp³-hybridized carbons (Fsp3) is 0.133. The lowest BCUT2D eigenvalue weighted by atomic mass is 10.2. The van der Waals surface area contributed by atoms with Crippen LogP contribution in [0.3, 0.4) is 0 Å². The minimum atomic E-state index is -4.32. The molecule has 122 valence electrons. The van der Waals surface area contributed by atoms with E-state index in [0.717, 1.165) is 6.07 Å². The quantitative estimate of drug-likeness (QED) is 0.535. The van der Waals surface area contributed by atoms with Gasteiger partial charge in [-0.25, -0.2) is 4.39 Å². The molecule has 0 saturated heterocycles. The zero-order chi connectivity index (χ0) is 17.0. The second-order valence-corrected chi connectivity index (χ2v) is 6.41. The summed E-state index contributed by atoms with van der Waals surface area (Å²) in [5.74, 6) is -2.53. The standard InChI is InChI=1S/C15H10BrF4NOS/c16-9-5-6-11(17)10(7-9)14(22)21-12-3-1-2-4-13(12)23-8-15(18,19)20/h1-7H,8H2,(H,21,22). The number of carbonyl (C=O) groups is 1. The number of amides is 1. The van der Waals surface area contributed by atoms with Gasteiger partial charge < -0.3 is 5.32 Å². The van der Waals surface area contributed by atoms with Gasteiger partial charge in [-0.2, -0.15) is 13.2 Å². The van der Waals surface area contributed by atoms with Crippen molar-refractivity contribution >= 4 is 39.3 Å². The number of alkyl halides is 3. The largest absolute Gasteiger partial charge is 0.398 e. The van der Waals surface area contributed by atoms with Crippen molar-refractivity contribution in [1.82, 2.24) is 0 Å². The Labute approximate surface area is 142 Å². The Morgan fingerprint density at radius 2 is 1.87 bits per heavy atom. The van der Waals surface area contributed by atoms with Gasteiger partial charge in [-0.1, -0.05) is 28.1 Å². The summed E-state index contributed by atoms with van der Waals surface area (Å²) in [5, 5.41) is 2.44. The minimum absolute atomic E-state index is 0.199. The Morgan fingerprint density at radius 3 is 2.57 bits per heavy atom. The summed E-state index contributed by atoms with van der Waals surface area (Å²) in [4.78, 5) is 12.4. The summed E-state index contributed by atoms with van der Waals surface area (Å²) in [7, 11) is 0. The molecule has 0 saturated carbocycles. The molecule has 0 bridgehead atoms. The number of nitrogens with one attached hydrogen (secondary N) is 1. The number of anilines is 1. The fourth-order valence-electron chi connectivity index (χ4n) is 1.72. The van der Waals surface area contributed by atoms with Crippen LogP contribution in [0.2, 0.25) is 0 Å². The fourth-order valence-corrected chi connectivity index (χ4v) is 2.85. The van der Waals surface area contributed by atoms with Gasteiger partial charge in [0, 0.05) is 9.37 Å². The van der Waals surface area contributed by atoms with Gasteiger partial charge in [-0.3, -0.25) is 4.79 Å². The maximum Gasteiger partial charge on any atom is 0.398 e. The van der Waals surface area contributed by atoms with Crippen LogP contribution in [-0.2, 0) is 0 Å². The van der Waals surface area contributed by atoms with E-state index < -0.39 is 23.7 Å². The Kier molecular flexibility index (Phi) is 5.69. The van der Waals surface area contributed by atoms with E-state index in [-0.39, 0.29) is 16.1 Å². The van der Waals surface area contributed by atoms with Crippen molar-refractivity contribution in [3.63, 3.8) is 0 Å². The molecule has 0 unspecified atom stereocenters. The molecule has 1 N–H and O–H groups in total. The minimum Gasteiger partial charge on any atom is -0.321 e. The highest BCUT2D eigenvalue weighted by atomic mass is 79.9. The molecule has 23 heavy (non-hydrogen) atoms. The zero-order valence-electron chi connectivity index (χ0n) is 11.5. The zero-order valence-corrected chi connectivity index (χ0v) is 13.9. The van der Waals surface area contributed by atoms with Crippen LogP contribution >= 0.6 is 27.7 Å². The third kappa shape index (κ3) is 5.24. The topological polar surface area (TPSA) is 29.1 Å². The molecule has 0 radical (unpaired) electrons. The van der Waals surface area contributed by atoms with E-state index in [9.17, 15) is 22.4 Å². The highest BCUT2D eigenvalue weighted by Crippen LogP contribution is 2.32. The molecule has 2 rings (SSSR count). The van der Waals surface area contributed by atoms with Gasteiger partial charge in [-0.15, -0.1) is 11.8 Å². The average molecular weight is 408 g/mol. The highest BCUT2D eigenvalue weighted by Gasteiger charge is 2.27. The molecule has 0 atom stereocenters. The van der Waals surface area contributed by atoms with E-state index in [2.05, 4.69) is 21.2 Å². The van der Waals surface area contributed by atoms with E-state index in [0.29, 0.717) is 16.2 Å². The number of benzene rings is 2. The van der Waals surface area contributed by atoms with Crippen molar-refractivity contribution in [2.75, 3.05) is 11.1 Å². The normalized spacial score (nSPS) is 11.3. The highest BCUT2D eigenvalue weighted by molar-refractivity contribution is 9.10. The van der Waals surface area contributed by atoms with Gasteiger partial charge in [0.15, 0.2) is 0 Å². The van der Waals surface area contributed by atoms with Crippen molar-refractivity contribution in [3.8, 4) is 0 Å². The monoisotopic (exact) mass is 407 g/mol. The Morgan fingerprint density at radius 1 is 1.17 bits per heavy atom. The van der Waals surface area contributed by atoms with Crippen LogP contribution in [0.15, 0.2) is 51.8 Å². The first kappa shape index (κ1) is 17.8. The molecule has 2 aromatic rings. The third-order valence-electron chi connectivity index (χ3n) is 2.70. The lowest BCUT2D eigenvalue weighted by Crippen LogP contribution is -2.15. The molecule has 0 aliphatic heterocycles. The van der Waals surface area contributed by atoms with E-state index >= 15 is 0 Å². The number of thioether (sulfide) groups is 1. The molecule has 2 aromatic carbocycles. The van der Waals surface area contributed by atoms with Crippen LogP contribution in [-0.4, -0.2) is 17.8 Å². The molecule has 0 aliphatic carbocycles. The van der Waals surface area contributed by atoms with Gasteiger partial charge in [0.2, 0.25) is 0 Å². The summed E-state index contributed by atoms with van der Waals surface area (Å²) in [6.45, 7) is 0.